The maximum atomic E-state index is 10.2. The molecule has 1 rings (SSSR count). The number of thioether (sulfide) groups is 1. The fourth-order valence-electron chi connectivity index (χ4n) is 1.28. The van der Waals surface area contributed by atoms with Crippen LogP contribution in [0.5, 0.6) is 0 Å². The first-order valence-electron chi connectivity index (χ1n) is 5.12. The van der Waals surface area contributed by atoms with Crippen molar-refractivity contribution in [1.82, 2.24) is 0 Å². The Labute approximate surface area is 94.7 Å². The third kappa shape index (κ3) is 6.18. The normalized spacial score (nSPS) is 10.1. The molecular formula is C12H16O2S. The van der Waals surface area contributed by atoms with E-state index in [0.29, 0.717) is 0 Å². The van der Waals surface area contributed by atoms with Gasteiger partial charge in [-0.15, -0.1) is 0 Å². The minimum atomic E-state index is -0.703. The average molecular weight is 224 g/mol. The molecule has 0 amide bonds. The number of carboxylic acids is 1. The van der Waals surface area contributed by atoms with Crippen molar-refractivity contribution in [3.63, 3.8) is 0 Å². The van der Waals surface area contributed by atoms with E-state index in [2.05, 4.69) is 12.1 Å². The first-order valence-corrected chi connectivity index (χ1v) is 6.28. The van der Waals surface area contributed by atoms with Crippen LogP contribution >= 0.6 is 11.8 Å². The molecule has 2 nitrogen and oxygen atoms in total. The number of hydrogen-bond donors (Lipinski definition) is 1. The van der Waals surface area contributed by atoms with Crippen LogP contribution in [0.4, 0.5) is 0 Å². The summed E-state index contributed by atoms with van der Waals surface area (Å²) in [5.41, 5.74) is 1.36. The van der Waals surface area contributed by atoms with Gasteiger partial charge < -0.3 is 5.11 Å². The van der Waals surface area contributed by atoms with Gasteiger partial charge in [0.25, 0.3) is 0 Å². The van der Waals surface area contributed by atoms with Gasteiger partial charge in [0.1, 0.15) is 0 Å². The Balaban J connectivity index is 2.00. The van der Waals surface area contributed by atoms with Gasteiger partial charge in [-0.3, -0.25) is 4.79 Å². The largest absolute Gasteiger partial charge is 0.481 e. The lowest BCUT2D eigenvalue weighted by Crippen LogP contribution is -1.97. The Kier molecular flexibility index (Phi) is 5.93. The summed E-state index contributed by atoms with van der Waals surface area (Å²) in [7, 11) is 0. The van der Waals surface area contributed by atoms with E-state index < -0.39 is 5.97 Å². The maximum absolute atomic E-state index is 10.2. The van der Waals surface area contributed by atoms with E-state index in [-0.39, 0.29) is 6.42 Å². The number of benzene rings is 1. The van der Waals surface area contributed by atoms with E-state index in [0.717, 1.165) is 24.3 Å². The van der Waals surface area contributed by atoms with Crippen molar-refractivity contribution in [1.29, 1.82) is 0 Å². The van der Waals surface area contributed by atoms with Gasteiger partial charge in [-0.2, -0.15) is 11.8 Å². The highest BCUT2D eigenvalue weighted by atomic mass is 32.2. The Morgan fingerprint density at radius 2 is 1.93 bits per heavy atom. The molecule has 1 aromatic carbocycles. The summed E-state index contributed by atoms with van der Waals surface area (Å²) >= 11 is 1.72. The highest BCUT2D eigenvalue weighted by Crippen LogP contribution is 2.08. The molecule has 0 aliphatic rings. The zero-order chi connectivity index (χ0) is 10.9. The van der Waals surface area contributed by atoms with Gasteiger partial charge in [0.2, 0.25) is 0 Å². The molecular weight excluding hydrogens is 208 g/mol. The predicted octanol–water partition coefficient (Wildman–Crippen LogP) is 2.83. The van der Waals surface area contributed by atoms with Crippen LogP contribution in [0.3, 0.4) is 0 Å². The minimum absolute atomic E-state index is 0.274. The SMILES string of the molecule is O=C(O)CCSCCCc1ccccc1. The van der Waals surface area contributed by atoms with Crippen LogP contribution in [-0.2, 0) is 11.2 Å². The molecule has 0 aliphatic carbocycles. The quantitative estimate of drug-likeness (QED) is 0.724. The third-order valence-electron chi connectivity index (χ3n) is 2.06. The summed E-state index contributed by atoms with van der Waals surface area (Å²) in [5, 5.41) is 8.43. The van der Waals surface area contributed by atoms with Gasteiger partial charge in [-0.05, 0) is 24.2 Å². The molecule has 0 atom stereocenters. The number of rotatable bonds is 7. The Bertz CT molecular complexity index is 285. The lowest BCUT2D eigenvalue weighted by Gasteiger charge is -2.00. The van der Waals surface area contributed by atoms with Gasteiger partial charge >= 0.3 is 5.97 Å². The first-order chi connectivity index (χ1) is 7.29. The number of aryl methyl sites for hydroxylation is 1. The van der Waals surface area contributed by atoms with Crippen LogP contribution in [0.25, 0.3) is 0 Å². The Morgan fingerprint density at radius 3 is 2.60 bits per heavy atom. The average Bonchev–Trinajstić information content (AvgIpc) is 2.24. The van der Waals surface area contributed by atoms with Crippen molar-refractivity contribution in [2.45, 2.75) is 19.3 Å². The fraction of sp³-hybridized carbons (Fsp3) is 0.417. The van der Waals surface area contributed by atoms with E-state index >= 15 is 0 Å². The van der Waals surface area contributed by atoms with Gasteiger partial charge in [-0.1, -0.05) is 30.3 Å². The summed E-state index contributed by atoms with van der Waals surface area (Å²) < 4.78 is 0. The summed E-state index contributed by atoms with van der Waals surface area (Å²) in [6.45, 7) is 0. The molecule has 3 heteroatoms. The van der Waals surface area contributed by atoms with Crippen LogP contribution in [0, 0.1) is 0 Å². The van der Waals surface area contributed by atoms with Crippen LogP contribution in [-0.4, -0.2) is 22.6 Å². The lowest BCUT2D eigenvalue weighted by molar-refractivity contribution is -0.136. The van der Waals surface area contributed by atoms with Crippen molar-refractivity contribution < 1.29 is 9.90 Å². The fourth-order valence-corrected chi connectivity index (χ4v) is 2.16. The van der Waals surface area contributed by atoms with Crippen molar-refractivity contribution in [3.05, 3.63) is 35.9 Å². The van der Waals surface area contributed by atoms with Crippen molar-refractivity contribution >= 4 is 17.7 Å². The molecule has 0 fully saturated rings. The first kappa shape index (κ1) is 12.1. The van der Waals surface area contributed by atoms with Crippen molar-refractivity contribution in [2.75, 3.05) is 11.5 Å². The molecule has 0 aliphatic heterocycles. The molecule has 82 valence electrons. The molecule has 0 heterocycles. The number of hydrogen-bond acceptors (Lipinski definition) is 2. The molecule has 0 radical (unpaired) electrons. The number of carboxylic acid groups (broad SMARTS) is 1. The second kappa shape index (κ2) is 7.35. The highest BCUT2D eigenvalue weighted by molar-refractivity contribution is 7.99. The minimum Gasteiger partial charge on any atom is -0.481 e. The molecule has 0 saturated heterocycles. The van der Waals surface area contributed by atoms with Crippen LogP contribution < -0.4 is 0 Å². The predicted molar refractivity (Wildman–Crippen MR) is 64.3 cm³/mol. The molecule has 1 aromatic rings. The van der Waals surface area contributed by atoms with E-state index in [1.807, 2.05) is 18.2 Å². The van der Waals surface area contributed by atoms with Gasteiger partial charge in [0, 0.05) is 5.75 Å². The van der Waals surface area contributed by atoms with Crippen molar-refractivity contribution in [2.24, 2.45) is 0 Å². The highest BCUT2D eigenvalue weighted by Gasteiger charge is 1.97. The molecule has 0 spiro atoms. The van der Waals surface area contributed by atoms with Crippen molar-refractivity contribution in [3.8, 4) is 0 Å². The molecule has 15 heavy (non-hydrogen) atoms. The maximum Gasteiger partial charge on any atom is 0.304 e. The van der Waals surface area contributed by atoms with Crippen LogP contribution in [0.1, 0.15) is 18.4 Å². The second-order valence-electron chi connectivity index (χ2n) is 3.35. The van der Waals surface area contributed by atoms with E-state index in [1.54, 1.807) is 11.8 Å². The van der Waals surface area contributed by atoms with Gasteiger partial charge in [-0.25, -0.2) is 0 Å². The molecule has 0 aromatic heterocycles. The van der Waals surface area contributed by atoms with Crippen LogP contribution in [0.15, 0.2) is 30.3 Å². The number of aliphatic carboxylic acids is 1. The van der Waals surface area contributed by atoms with Gasteiger partial charge in [0.05, 0.1) is 6.42 Å². The molecule has 0 unspecified atom stereocenters. The molecule has 0 bridgehead atoms. The zero-order valence-electron chi connectivity index (χ0n) is 8.69. The Morgan fingerprint density at radius 1 is 1.20 bits per heavy atom. The topological polar surface area (TPSA) is 37.3 Å². The number of carbonyl (C=O) groups is 1. The molecule has 0 saturated carbocycles. The van der Waals surface area contributed by atoms with E-state index in [1.165, 1.54) is 5.56 Å². The summed E-state index contributed by atoms with van der Waals surface area (Å²) in [6, 6.07) is 10.4. The van der Waals surface area contributed by atoms with Gasteiger partial charge in [0.15, 0.2) is 0 Å². The zero-order valence-corrected chi connectivity index (χ0v) is 9.50. The van der Waals surface area contributed by atoms with E-state index in [9.17, 15) is 4.79 Å². The summed E-state index contributed by atoms with van der Waals surface area (Å²) in [5.74, 6) is 1.07. The lowest BCUT2D eigenvalue weighted by atomic mass is 10.1. The summed E-state index contributed by atoms with van der Waals surface area (Å²) in [4.78, 5) is 10.2. The van der Waals surface area contributed by atoms with E-state index in [4.69, 9.17) is 5.11 Å². The standard InChI is InChI=1S/C12H16O2S/c13-12(14)8-10-15-9-4-7-11-5-2-1-3-6-11/h1-3,5-6H,4,7-10H2,(H,13,14). The third-order valence-corrected chi connectivity index (χ3v) is 3.13. The van der Waals surface area contributed by atoms with Crippen LogP contribution in [0.2, 0.25) is 0 Å². The monoisotopic (exact) mass is 224 g/mol. The smallest absolute Gasteiger partial charge is 0.304 e. The Hall–Kier alpha value is -0.960. The summed E-state index contributed by atoms with van der Waals surface area (Å²) in [6.07, 6.45) is 2.48. The molecule has 1 N–H and O–H groups in total. The second-order valence-corrected chi connectivity index (χ2v) is 4.57.